The van der Waals surface area contributed by atoms with Crippen molar-refractivity contribution in [3.8, 4) is 0 Å². The summed E-state index contributed by atoms with van der Waals surface area (Å²) in [7, 11) is 0. The van der Waals surface area contributed by atoms with Crippen LogP contribution in [0.15, 0.2) is 0 Å². The first-order chi connectivity index (χ1) is 6.15. The van der Waals surface area contributed by atoms with Gasteiger partial charge in [-0.3, -0.25) is 4.79 Å². The minimum Gasteiger partial charge on any atom is -0.340 e. The molecule has 1 saturated heterocycles. The Kier molecular flexibility index (Phi) is 4.00. The summed E-state index contributed by atoms with van der Waals surface area (Å²) in [6, 6.07) is 0.400. The van der Waals surface area contributed by atoms with Crippen LogP contribution in [0.5, 0.6) is 0 Å². The largest absolute Gasteiger partial charge is 0.340 e. The molecule has 0 spiro atoms. The lowest BCUT2D eigenvalue weighted by molar-refractivity contribution is -0.131. The highest BCUT2D eigenvalue weighted by atomic mass is 35.5. The van der Waals surface area contributed by atoms with Crippen LogP contribution < -0.4 is 0 Å². The van der Waals surface area contributed by atoms with Gasteiger partial charge in [-0.25, -0.2) is 4.42 Å². The molecule has 1 aliphatic heterocycles. The zero-order chi connectivity index (χ0) is 9.84. The molecule has 13 heavy (non-hydrogen) atoms. The summed E-state index contributed by atoms with van der Waals surface area (Å²) in [6.45, 7) is 6.24. The smallest absolute Gasteiger partial charge is 0.219 e. The predicted molar refractivity (Wildman–Crippen MR) is 53.5 cm³/mol. The Labute approximate surface area is 84.7 Å². The van der Waals surface area contributed by atoms with Crippen molar-refractivity contribution >= 4 is 17.7 Å². The molecule has 0 saturated carbocycles. The fourth-order valence-corrected chi connectivity index (χ4v) is 2.08. The first kappa shape index (κ1) is 10.8. The van der Waals surface area contributed by atoms with Gasteiger partial charge < -0.3 is 4.90 Å². The molecule has 0 aromatic rings. The number of hydrogen-bond donors (Lipinski definition) is 0. The number of halogens is 1. The second-order valence-electron chi connectivity index (χ2n) is 3.45. The molecule has 0 radical (unpaired) electrons. The second-order valence-corrected chi connectivity index (χ2v) is 3.92. The average molecular weight is 205 g/mol. The van der Waals surface area contributed by atoms with Gasteiger partial charge in [-0.05, 0) is 31.5 Å². The molecule has 4 heteroatoms. The summed E-state index contributed by atoms with van der Waals surface area (Å²) in [5.41, 5.74) is 0. The van der Waals surface area contributed by atoms with E-state index in [1.165, 1.54) is 0 Å². The number of carbonyl (C=O) groups excluding carboxylic acids is 1. The Morgan fingerprint density at radius 1 is 1.54 bits per heavy atom. The monoisotopic (exact) mass is 204 g/mol. The quantitative estimate of drug-likeness (QED) is 0.637. The lowest BCUT2D eigenvalue weighted by Crippen LogP contribution is -2.44. The molecular weight excluding hydrogens is 188 g/mol. The molecule has 0 bridgehead atoms. The molecule has 0 aliphatic carbocycles. The van der Waals surface area contributed by atoms with Gasteiger partial charge in [0.15, 0.2) is 0 Å². The third kappa shape index (κ3) is 2.85. The van der Waals surface area contributed by atoms with E-state index in [2.05, 4.69) is 0 Å². The van der Waals surface area contributed by atoms with Gasteiger partial charge in [-0.2, -0.15) is 0 Å². The molecule has 1 rings (SSSR count). The third-order valence-electron chi connectivity index (χ3n) is 2.60. The summed E-state index contributed by atoms with van der Waals surface area (Å²) >= 11 is 5.84. The number of piperidine rings is 1. The maximum atomic E-state index is 11.2. The lowest BCUT2D eigenvalue weighted by atomic mass is 10.0. The highest BCUT2D eigenvalue weighted by Gasteiger charge is 2.24. The van der Waals surface area contributed by atoms with E-state index in [4.69, 9.17) is 11.8 Å². The first-order valence-corrected chi connectivity index (χ1v) is 5.17. The molecule has 1 amide bonds. The van der Waals surface area contributed by atoms with Gasteiger partial charge in [0.2, 0.25) is 5.91 Å². The van der Waals surface area contributed by atoms with Crippen molar-refractivity contribution in [2.24, 2.45) is 0 Å². The zero-order valence-corrected chi connectivity index (χ0v) is 9.05. The van der Waals surface area contributed by atoms with Gasteiger partial charge in [-0.15, -0.1) is 0 Å². The van der Waals surface area contributed by atoms with Crippen LogP contribution in [0.2, 0.25) is 0 Å². The molecule has 1 heterocycles. The standard InChI is InChI=1S/C9H17ClN2O/c1-3-12(8(2)13)9-4-6-11(10)7-5-9/h9H,3-7H2,1-2H3. The molecular formula is C9H17ClN2O. The fourth-order valence-electron chi connectivity index (χ4n) is 1.88. The summed E-state index contributed by atoms with van der Waals surface area (Å²) in [4.78, 5) is 13.2. The van der Waals surface area contributed by atoms with Gasteiger partial charge in [0.1, 0.15) is 0 Å². The van der Waals surface area contributed by atoms with Gasteiger partial charge in [0.25, 0.3) is 0 Å². The van der Waals surface area contributed by atoms with Crippen LogP contribution in [0.1, 0.15) is 26.7 Å². The van der Waals surface area contributed by atoms with E-state index in [-0.39, 0.29) is 5.91 Å². The highest BCUT2D eigenvalue weighted by Crippen LogP contribution is 2.17. The number of nitrogens with zero attached hydrogens (tertiary/aromatic N) is 2. The molecule has 1 fully saturated rings. The SMILES string of the molecule is CCN(C(C)=O)C1CCN(Cl)CC1. The van der Waals surface area contributed by atoms with Crippen molar-refractivity contribution in [3.63, 3.8) is 0 Å². The summed E-state index contributed by atoms with van der Waals surface area (Å²) in [6.07, 6.45) is 1.99. The number of amides is 1. The van der Waals surface area contributed by atoms with Crippen molar-refractivity contribution in [1.82, 2.24) is 9.32 Å². The van der Waals surface area contributed by atoms with Gasteiger partial charge in [-0.1, -0.05) is 0 Å². The van der Waals surface area contributed by atoms with Crippen LogP contribution in [-0.2, 0) is 4.79 Å². The molecule has 3 nitrogen and oxygen atoms in total. The number of rotatable bonds is 2. The van der Waals surface area contributed by atoms with Crippen molar-refractivity contribution in [2.45, 2.75) is 32.7 Å². The van der Waals surface area contributed by atoms with Crippen molar-refractivity contribution in [2.75, 3.05) is 19.6 Å². The summed E-state index contributed by atoms with van der Waals surface area (Å²) < 4.78 is 1.80. The van der Waals surface area contributed by atoms with Crippen LogP contribution in [0, 0.1) is 0 Å². The summed E-state index contributed by atoms with van der Waals surface area (Å²) in [5.74, 6) is 0.176. The predicted octanol–water partition coefficient (Wildman–Crippen LogP) is 1.47. The molecule has 76 valence electrons. The first-order valence-electron chi connectivity index (χ1n) is 4.83. The van der Waals surface area contributed by atoms with Crippen molar-refractivity contribution in [1.29, 1.82) is 0 Å². The summed E-state index contributed by atoms with van der Waals surface area (Å²) in [5, 5.41) is 0. The maximum absolute atomic E-state index is 11.2. The van der Waals surface area contributed by atoms with E-state index in [9.17, 15) is 4.79 Å². The topological polar surface area (TPSA) is 23.6 Å². The van der Waals surface area contributed by atoms with Crippen LogP contribution in [0.25, 0.3) is 0 Å². The Morgan fingerprint density at radius 3 is 2.46 bits per heavy atom. The van der Waals surface area contributed by atoms with E-state index in [1.807, 2.05) is 11.8 Å². The second kappa shape index (κ2) is 4.82. The fraction of sp³-hybridized carbons (Fsp3) is 0.889. The van der Waals surface area contributed by atoms with E-state index in [0.717, 1.165) is 32.5 Å². The Balaban J connectivity index is 2.46. The van der Waals surface area contributed by atoms with Crippen molar-refractivity contribution in [3.05, 3.63) is 0 Å². The minimum atomic E-state index is 0.176. The van der Waals surface area contributed by atoms with Crippen LogP contribution >= 0.6 is 11.8 Å². The number of hydrogen-bond acceptors (Lipinski definition) is 2. The molecule has 0 aromatic heterocycles. The molecule has 0 N–H and O–H groups in total. The lowest BCUT2D eigenvalue weighted by Gasteiger charge is -2.35. The van der Waals surface area contributed by atoms with E-state index in [0.29, 0.717) is 6.04 Å². The van der Waals surface area contributed by atoms with Gasteiger partial charge in [0.05, 0.1) is 0 Å². The minimum absolute atomic E-state index is 0.176. The third-order valence-corrected chi connectivity index (χ3v) is 2.93. The Bertz CT molecular complexity index is 178. The van der Waals surface area contributed by atoms with Gasteiger partial charge >= 0.3 is 0 Å². The molecule has 0 unspecified atom stereocenters. The Morgan fingerprint density at radius 2 is 2.08 bits per heavy atom. The van der Waals surface area contributed by atoms with E-state index in [1.54, 1.807) is 11.3 Å². The normalized spacial score (nSPS) is 20.2. The Hall–Kier alpha value is -0.280. The van der Waals surface area contributed by atoms with Crippen LogP contribution in [0.4, 0.5) is 0 Å². The highest BCUT2D eigenvalue weighted by molar-refractivity contribution is 6.13. The zero-order valence-electron chi connectivity index (χ0n) is 8.29. The van der Waals surface area contributed by atoms with Gasteiger partial charge in [0, 0.05) is 32.6 Å². The van der Waals surface area contributed by atoms with E-state index >= 15 is 0 Å². The van der Waals surface area contributed by atoms with Crippen LogP contribution in [0.3, 0.4) is 0 Å². The van der Waals surface area contributed by atoms with Crippen molar-refractivity contribution < 1.29 is 4.79 Å². The average Bonchev–Trinajstić information content (AvgIpc) is 2.09. The molecule has 1 aliphatic rings. The molecule has 0 atom stereocenters. The molecule has 0 aromatic carbocycles. The maximum Gasteiger partial charge on any atom is 0.219 e. The van der Waals surface area contributed by atoms with Crippen LogP contribution in [-0.4, -0.2) is 40.9 Å². The van der Waals surface area contributed by atoms with E-state index < -0.39 is 0 Å². The number of carbonyl (C=O) groups is 1.